The molecule has 2 atom stereocenters. The number of nitrogens with zero attached hydrogens (tertiary/aromatic N) is 2. The van der Waals surface area contributed by atoms with Gasteiger partial charge in [0.05, 0.1) is 22.5 Å². The second-order valence-electron chi connectivity index (χ2n) is 7.50. The average Bonchev–Trinajstić information content (AvgIpc) is 2.74. The SMILES string of the molecule is C[C@@H]1CN(S(=O)(=O)c2ccc(NC(=O)c3n[nH]c(=O)c4ccccc34)cc2)C[C@@H](C)O1. The molecule has 0 saturated carbocycles. The molecule has 9 nitrogen and oxygen atoms in total. The van der Waals surface area contributed by atoms with E-state index in [1.54, 1.807) is 24.3 Å². The maximum atomic E-state index is 13.0. The second kappa shape index (κ2) is 8.22. The van der Waals surface area contributed by atoms with Gasteiger partial charge in [-0.1, -0.05) is 18.2 Å². The first-order valence-corrected chi connectivity index (χ1v) is 11.2. The summed E-state index contributed by atoms with van der Waals surface area (Å²) in [5.41, 5.74) is 0.0985. The van der Waals surface area contributed by atoms with Gasteiger partial charge in [0.2, 0.25) is 10.0 Å². The number of nitrogens with one attached hydrogen (secondary N) is 2. The van der Waals surface area contributed by atoms with Crippen molar-refractivity contribution in [3.05, 3.63) is 64.6 Å². The molecule has 1 aromatic heterocycles. The Morgan fingerprint density at radius 1 is 1.06 bits per heavy atom. The van der Waals surface area contributed by atoms with Crippen LogP contribution in [-0.2, 0) is 14.8 Å². The van der Waals surface area contributed by atoms with Gasteiger partial charge in [0.1, 0.15) is 0 Å². The summed E-state index contributed by atoms with van der Waals surface area (Å²) in [6.45, 7) is 4.25. The Morgan fingerprint density at radius 3 is 2.32 bits per heavy atom. The van der Waals surface area contributed by atoms with Crippen LogP contribution in [0.25, 0.3) is 10.8 Å². The number of carbonyl (C=O) groups is 1. The summed E-state index contributed by atoms with van der Waals surface area (Å²) in [5, 5.41) is 9.67. The number of H-pyrrole nitrogens is 1. The third kappa shape index (κ3) is 4.22. The van der Waals surface area contributed by atoms with E-state index in [-0.39, 0.29) is 41.4 Å². The highest BCUT2D eigenvalue weighted by molar-refractivity contribution is 7.89. The molecule has 1 amide bonds. The number of carbonyl (C=O) groups excluding carboxylic acids is 1. The Labute approximate surface area is 179 Å². The predicted octanol–water partition coefficient (Wildman–Crippen LogP) is 1.97. The number of fused-ring (bicyclic) bond motifs is 1. The number of benzene rings is 2. The highest BCUT2D eigenvalue weighted by Gasteiger charge is 2.32. The molecule has 0 aliphatic carbocycles. The van der Waals surface area contributed by atoms with Crippen LogP contribution < -0.4 is 10.9 Å². The molecule has 2 N–H and O–H groups in total. The molecule has 0 unspecified atom stereocenters. The third-order valence-electron chi connectivity index (χ3n) is 5.05. The van der Waals surface area contributed by atoms with Crippen LogP contribution in [0.3, 0.4) is 0 Å². The molecule has 10 heteroatoms. The second-order valence-corrected chi connectivity index (χ2v) is 9.44. The fraction of sp³-hybridized carbons (Fsp3) is 0.286. The van der Waals surface area contributed by atoms with Crippen LogP contribution in [0.5, 0.6) is 0 Å². The van der Waals surface area contributed by atoms with Crippen molar-refractivity contribution in [3.8, 4) is 0 Å². The largest absolute Gasteiger partial charge is 0.373 e. The minimum atomic E-state index is -3.67. The van der Waals surface area contributed by atoms with Gasteiger partial charge in [-0.25, -0.2) is 13.5 Å². The molecule has 1 aliphatic heterocycles. The van der Waals surface area contributed by atoms with Crippen LogP contribution >= 0.6 is 0 Å². The normalized spacial score (nSPS) is 19.9. The van der Waals surface area contributed by atoms with Gasteiger partial charge in [-0.3, -0.25) is 9.59 Å². The molecule has 162 valence electrons. The van der Waals surface area contributed by atoms with E-state index in [1.807, 2.05) is 13.8 Å². The van der Waals surface area contributed by atoms with E-state index in [1.165, 1.54) is 28.6 Å². The van der Waals surface area contributed by atoms with Gasteiger partial charge < -0.3 is 10.1 Å². The average molecular weight is 442 g/mol. The Kier molecular flexibility index (Phi) is 5.61. The number of aromatic nitrogens is 2. The third-order valence-corrected chi connectivity index (χ3v) is 6.89. The van der Waals surface area contributed by atoms with Gasteiger partial charge in [0.15, 0.2) is 5.69 Å². The standard InChI is InChI=1S/C21H22N4O5S/c1-13-11-25(12-14(2)30-13)31(28,29)16-9-7-15(8-10-16)22-21(27)19-17-5-3-4-6-18(17)20(26)24-23-19/h3-10,13-14H,11-12H2,1-2H3,(H,22,27)(H,24,26)/t13-,14-/m1/s1. The quantitative estimate of drug-likeness (QED) is 0.637. The molecule has 0 spiro atoms. The van der Waals surface area contributed by atoms with E-state index in [4.69, 9.17) is 4.74 Å². The van der Waals surface area contributed by atoms with E-state index in [2.05, 4.69) is 15.5 Å². The van der Waals surface area contributed by atoms with E-state index in [0.29, 0.717) is 16.5 Å². The van der Waals surface area contributed by atoms with Gasteiger partial charge in [0.25, 0.3) is 11.5 Å². The number of morpholine rings is 1. The number of aromatic amines is 1. The zero-order valence-corrected chi connectivity index (χ0v) is 17.8. The smallest absolute Gasteiger partial charge is 0.276 e. The highest BCUT2D eigenvalue weighted by atomic mass is 32.2. The maximum absolute atomic E-state index is 13.0. The Bertz CT molecular complexity index is 1280. The number of hydrogen-bond donors (Lipinski definition) is 2. The van der Waals surface area contributed by atoms with Crippen LogP contribution in [0.1, 0.15) is 24.3 Å². The van der Waals surface area contributed by atoms with Crippen LogP contribution in [0.2, 0.25) is 0 Å². The van der Waals surface area contributed by atoms with E-state index in [9.17, 15) is 18.0 Å². The molecular formula is C21H22N4O5S. The molecule has 4 rings (SSSR count). The van der Waals surface area contributed by atoms with Crippen LogP contribution in [0.15, 0.2) is 58.2 Å². The number of sulfonamides is 1. The van der Waals surface area contributed by atoms with Crippen LogP contribution in [0, 0.1) is 0 Å². The molecule has 1 fully saturated rings. The minimum absolute atomic E-state index is 0.0724. The summed E-state index contributed by atoms with van der Waals surface area (Å²) >= 11 is 0. The first-order chi connectivity index (χ1) is 14.8. The molecule has 0 radical (unpaired) electrons. The zero-order chi connectivity index (χ0) is 22.2. The summed E-state index contributed by atoms with van der Waals surface area (Å²) in [6, 6.07) is 12.6. The maximum Gasteiger partial charge on any atom is 0.276 e. The van der Waals surface area contributed by atoms with Crippen LogP contribution in [-0.4, -0.2) is 54.1 Å². The molecule has 0 bridgehead atoms. The summed E-state index contributed by atoms with van der Waals surface area (Å²) < 4.78 is 32.9. The first kappa shape index (κ1) is 21.2. The van der Waals surface area contributed by atoms with Crippen LogP contribution in [0.4, 0.5) is 5.69 Å². The van der Waals surface area contributed by atoms with Crippen molar-refractivity contribution < 1.29 is 17.9 Å². The minimum Gasteiger partial charge on any atom is -0.373 e. The van der Waals surface area contributed by atoms with Crippen molar-refractivity contribution in [1.82, 2.24) is 14.5 Å². The molecule has 3 aromatic rings. The lowest BCUT2D eigenvalue weighted by Gasteiger charge is -2.34. The first-order valence-electron chi connectivity index (χ1n) is 9.80. The fourth-order valence-electron chi connectivity index (χ4n) is 3.66. The van der Waals surface area contributed by atoms with Crippen molar-refractivity contribution >= 4 is 32.4 Å². The van der Waals surface area contributed by atoms with Crippen molar-refractivity contribution in [2.24, 2.45) is 0 Å². The molecule has 2 heterocycles. The summed E-state index contributed by atoms with van der Waals surface area (Å²) in [6.07, 6.45) is -0.367. The Morgan fingerprint density at radius 2 is 1.68 bits per heavy atom. The van der Waals surface area contributed by atoms with Gasteiger partial charge >= 0.3 is 0 Å². The van der Waals surface area contributed by atoms with Crippen molar-refractivity contribution in [3.63, 3.8) is 0 Å². The monoisotopic (exact) mass is 442 g/mol. The lowest BCUT2D eigenvalue weighted by atomic mass is 10.1. The van der Waals surface area contributed by atoms with Crippen molar-refractivity contribution in [1.29, 1.82) is 0 Å². The van der Waals surface area contributed by atoms with E-state index in [0.717, 1.165) is 0 Å². The van der Waals surface area contributed by atoms with Crippen molar-refractivity contribution in [2.75, 3.05) is 18.4 Å². The molecule has 1 saturated heterocycles. The van der Waals surface area contributed by atoms with Gasteiger partial charge in [-0.05, 0) is 44.2 Å². The Hall–Kier alpha value is -3.08. The fourth-order valence-corrected chi connectivity index (χ4v) is 5.25. The lowest BCUT2D eigenvalue weighted by Crippen LogP contribution is -2.48. The number of hydrogen-bond acceptors (Lipinski definition) is 6. The van der Waals surface area contributed by atoms with E-state index < -0.39 is 15.9 Å². The number of anilines is 1. The summed E-state index contributed by atoms with van der Waals surface area (Å²) in [4.78, 5) is 24.7. The summed E-state index contributed by atoms with van der Waals surface area (Å²) in [7, 11) is -3.67. The number of ether oxygens (including phenoxy) is 1. The van der Waals surface area contributed by atoms with Gasteiger partial charge in [0, 0.05) is 24.2 Å². The molecular weight excluding hydrogens is 420 g/mol. The molecule has 2 aromatic carbocycles. The predicted molar refractivity (Wildman–Crippen MR) is 116 cm³/mol. The number of rotatable bonds is 4. The summed E-state index contributed by atoms with van der Waals surface area (Å²) in [5.74, 6) is -0.515. The van der Waals surface area contributed by atoms with Crippen molar-refractivity contribution in [2.45, 2.75) is 31.0 Å². The molecule has 1 aliphatic rings. The van der Waals surface area contributed by atoms with E-state index >= 15 is 0 Å². The Balaban J connectivity index is 1.55. The number of amides is 1. The highest BCUT2D eigenvalue weighted by Crippen LogP contribution is 2.23. The zero-order valence-electron chi connectivity index (χ0n) is 17.0. The lowest BCUT2D eigenvalue weighted by molar-refractivity contribution is -0.0440. The van der Waals surface area contributed by atoms with Gasteiger partial charge in [-0.2, -0.15) is 9.40 Å². The molecule has 31 heavy (non-hydrogen) atoms. The van der Waals surface area contributed by atoms with Gasteiger partial charge in [-0.15, -0.1) is 0 Å². The topological polar surface area (TPSA) is 121 Å².